The molecule has 0 N–H and O–H groups in total. The van der Waals surface area contributed by atoms with Gasteiger partial charge in [0.1, 0.15) is 11.2 Å². The zero-order chi connectivity index (χ0) is 42.1. The number of benzene rings is 11. The van der Waals surface area contributed by atoms with Crippen LogP contribution in [0.4, 0.5) is 0 Å². The van der Waals surface area contributed by atoms with Crippen LogP contribution in [0.1, 0.15) is 0 Å². The van der Waals surface area contributed by atoms with Gasteiger partial charge in [0.25, 0.3) is 0 Å². The Morgan fingerprint density at radius 1 is 0.250 bits per heavy atom. The Hall–Kier alpha value is -8.46. The molecular weight excluding hydrogens is 775 g/mol. The normalized spacial score (nSPS) is 11.8. The van der Waals surface area contributed by atoms with E-state index in [0.717, 1.165) is 49.9 Å². The van der Waals surface area contributed by atoms with E-state index in [4.69, 9.17) is 4.42 Å². The molecule has 64 heavy (non-hydrogen) atoms. The molecule has 0 spiro atoms. The van der Waals surface area contributed by atoms with E-state index in [2.05, 4.69) is 241 Å². The summed E-state index contributed by atoms with van der Waals surface area (Å²) in [5, 5.41) is 9.70. The van der Waals surface area contributed by atoms with Gasteiger partial charge in [0, 0.05) is 38.4 Å². The summed E-state index contributed by atoms with van der Waals surface area (Å²) in [6.45, 7) is 0. The molecule has 0 aliphatic heterocycles. The highest BCUT2D eigenvalue weighted by atomic mass is 16.3. The fourth-order valence-corrected chi connectivity index (χ4v) is 10.3. The molecule has 0 aliphatic carbocycles. The lowest BCUT2D eigenvalue weighted by Gasteiger charge is -2.19. The van der Waals surface area contributed by atoms with Crippen molar-refractivity contribution in [1.29, 1.82) is 0 Å². The van der Waals surface area contributed by atoms with Crippen LogP contribution in [-0.2, 0) is 0 Å². The summed E-state index contributed by atoms with van der Waals surface area (Å²) in [4.78, 5) is 0. The number of aromatic nitrogens is 1. The van der Waals surface area contributed by atoms with Crippen LogP contribution in [0.2, 0.25) is 0 Å². The molecule has 0 fully saturated rings. The van der Waals surface area contributed by atoms with Crippen LogP contribution in [-0.4, -0.2) is 4.57 Å². The first-order valence-electron chi connectivity index (χ1n) is 22.0. The lowest BCUT2D eigenvalue weighted by atomic mass is 9.85. The number of fused-ring (bicyclic) bond motifs is 8. The van der Waals surface area contributed by atoms with Gasteiger partial charge in [-0.05, 0) is 102 Å². The molecular formula is C62H39NO. The van der Waals surface area contributed by atoms with Gasteiger partial charge in [0.2, 0.25) is 0 Å². The summed E-state index contributed by atoms with van der Waals surface area (Å²) in [7, 11) is 0. The van der Waals surface area contributed by atoms with E-state index < -0.39 is 0 Å². The molecule has 2 heteroatoms. The highest BCUT2D eigenvalue weighted by Gasteiger charge is 2.20. The molecule has 2 aromatic heterocycles. The van der Waals surface area contributed by atoms with E-state index in [-0.39, 0.29) is 0 Å². The van der Waals surface area contributed by atoms with E-state index in [0.29, 0.717) is 0 Å². The molecule has 13 aromatic rings. The number of furan rings is 1. The maximum absolute atomic E-state index is 6.84. The Labute approximate surface area is 370 Å². The van der Waals surface area contributed by atoms with E-state index in [9.17, 15) is 0 Å². The SMILES string of the molecule is c1ccc(-c2c3ccccc3c(-c3ccccc3)c3cc(-c4ccc(-n5c6ccccc6c6cc(-c7cccc8c7oc7c(-c9ccccc9)cccc78)ccc65)cc4)ccc23)cc1. The van der Waals surface area contributed by atoms with Gasteiger partial charge in [-0.25, -0.2) is 0 Å². The van der Waals surface area contributed by atoms with Crippen molar-refractivity contribution in [3.63, 3.8) is 0 Å². The molecule has 0 saturated heterocycles. The van der Waals surface area contributed by atoms with Crippen molar-refractivity contribution < 1.29 is 4.42 Å². The minimum absolute atomic E-state index is 0.911. The van der Waals surface area contributed by atoms with Crippen LogP contribution in [0.5, 0.6) is 0 Å². The van der Waals surface area contributed by atoms with Gasteiger partial charge in [-0.15, -0.1) is 0 Å². The van der Waals surface area contributed by atoms with Crippen molar-refractivity contribution in [2.24, 2.45) is 0 Å². The summed E-state index contributed by atoms with van der Waals surface area (Å²) in [6.07, 6.45) is 0. The fraction of sp³-hybridized carbons (Fsp3) is 0. The molecule has 0 amide bonds. The molecule has 0 bridgehead atoms. The summed E-state index contributed by atoms with van der Waals surface area (Å²) < 4.78 is 9.24. The van der Waals surface area contributed by atoms with Crippen molar-refractivity contribution in [3.05, 3.63) is 237 Å². The highest BCUT2D eigenvalue weighted by Crippen LogP contribution is 2.46. The Kier molecular flexibility index (Phi) is 8.25. The van der Waals surface area contributed by atoms with Crippen molar-refractivity contribution in [3.8, 4) is 61.3 Å². The number of hydrogen-bond acceptors (Lipinski definition) is 1. The zero-order valence-electron chi connectivity index (χ0n) is 34.9. The van der Waals surface area contributed by atoms with Crippen LogP contribution >= 0.6 is 0 Å². The number of rotatable bonds is 6. The van der Waals surface area contributed by atoms with Crippen LogP contribution in [0.25, 0.3) is 127 Å². The first-order valence-corrected chi connectivity index (χ1v) is 22.0. The van der Waals surface area contributed by atoms with Crippen molar-refractivity contribution in [1.82, 2.24) is 4.57 Å². The molecule has 13 rings (SSSR count). The van der Waals surface area contributed by atoms with Crippen LogP contribution in [0, 0.1) is 0 Å². The third kappa shape index (κ3) is 5.66. The molecule has 0 aliphatic rings. The molecule has 0 radical (unpaired) electrons. The predicted octanol–water partition coefficient (Wildman–Crippen LogP) is 17.3. The number of nitrogens with zero attached hydrogens (tertiary/aromatic N) is 1. The van der Waals surface area contributed by atoms with Gasteiger partial charge in [-0.1, -0.05) is 200 Å². The van der Waals surface area contributed by atoms with Gasteiger partial charge in [0.15, 0.2) is 0 Å². The van der Waals surface area contributed by atoms with Crippen molar-refractivity contribution in [2.75, 3.05) is 0 Å². The fourth-order valence-electron chi connectivity index (χ4n) is 10.3. The van der Waals surface area contributed by atoms with E-state index >= 15 is 0 Å². The number of hydrogen-bond donors (Lipinski definition) is 0. The van der Waals surface area contributed by atoms with Crippen LogP contribution in [0.3, 0.4) is 0 Å². The average Bonchev–Trinajstić information content (AvgIpc) is 3.92. The second-order valence-electron chi connectivity index (χ2n) is 16.8. The third-order valence-corrected chi connectivity index (χ3v) is 13.2. The second-order valence-corrected chi connectivity index (χ2v) is 16.8. The molecule has 0 atom stereocenters. The van der Waals surface area contributed by atoms with Gasteiger partial charge in [-0.2, -0.15) is 0 Å². The van der Waals surface area contributed by atoms with E-state index in [1.54, 1.807) is 0 Å². The minimum atomic E-state index is 0.911. The third-order valence-electron chi connectivity index (χ3n) is 13.2. The number of para-hydroxylation sites is 3. The molecule has 0 saturated carbocycles. The summed E-state index contributed by atoms with van der Waals surface area (Å²) in [5.41, 5.74) is 17.1. The van der Waals surface area contributed by atoms with Gasteiger partial charge >= 0.3 is 0 Å². The predicted molar refractivity (Wildman–Crippen MR) is 270 cm³/mol. The van der Waals surface area contributed by atoms with Crippen LogP contribution in [0.15, 0.2) is 241 Å². The van der Waals surface area contributed by atoms with Crippen molar-refractivity contribution >= 4 is 65.3 Å². The second kappa shape index (κ2) is 14.6. The lowest BCUT2D eigenvalue weighted by Crippen LogP contribution is -1.94. The Bertz CT molecular complexity index is 3920. The first kappa shape index (κ1) is 36.2. The maximum atomic E-state index is 6.84. The standard InChI is InChI=1S/C62H39NO/c1-4-16-41(17-5-1)47-25-14-27-53-54-28-15-26-48(62(54)64-61(47)53)45-33-37-58-55(39-45)49-22-12-13-29-57(49)63(58)46-34-30-40(31-35-46)44-32-36-52-56(38-44)60(43-20-8-3-9-21-43)51-24-11-10-23-50(51)59(52)42-18-6-2-7-19-42/h1-39H. The minimum Gasteiger partial charge on any atom is -0.455 e. The van der Waals surface area contributed by atoms with Gasteiger partial charge < -0.3 is 8.98 Å². The highest BCUT2D eigenvalue weighted by molar-refractivity contribution is 6.22. The van der Waals surface area contributed by atoms with E-state index in [1.807, 2.05) is 0 Å². The summed E-state index contributed by atoms with van der Waals surface area (Å²) in [6, 6.07) is 85.8. The topological polar surface area (TPSA) is 18.1 Å². The molecule has 2 heterocycles. The Morgan fingerprint density at radius 3 is 1.34 bits per heavy atom. The monoisotopic (exact) mass is 813 g/mol. The summed E-state index contributed by atoms with van der Waals surface area (Å²) >= 11 is 0. The maximum Gasteiger partial charge on any atom is 0.143 e. The Balaban J connectivity index is 0.934. The zero-order valence-corrected chi connectivity index (χ0v) is 34.9. The van der Waals surface area contributed by atoms with Gasteiger partial charge in [0.05, 0.1) is 11.0 Å². The van der Waals surface area contributed by atoms with E-state index in [1.165, 1.54) is 76.7 Å². The molecule has 0 unspecified atom stereocenters. The average molecular weight is 814 g/mol. The molecule has 298 valence electrons. The largest absolute Gasteiger partial charge is 0.455 e. The molecule has 2 nitrogen and oxygen atoms in total. The molecule has 11 aromatic carbocycles. The Morgan fingerprint density at radius 2 is 0.703 bits per heavy atom. The van der Waals surface area contributed by atoms with Gasteiger partial charge in [-0.3, -0.25) is 0 Å². The lowest BCUT2D eigenvalue weighted by molar-refractivity contribution is 0.671. The summed E-state index contributed by atoms with van der Waals surface area (Å²) in [5.74, 6) is 0. The first-order chi connectivity index (χ1) is 31.8. The quantitative estimate of drug-likeness (QED) is 0.153. The van der Waals surface area contributed by atoms with Crippen molar-refractivity contribution in [2.45, 2.75) is 0 Å². The van der Waals surface area contributed by atoms with Crippen LogP contribution < -0.4 is 0 Å². The smallest absolute Gasteiger partial charge is 0.143 e.